The number of furan rings is 1. The van der Waals surface area contributed by atoms with Crippen molar-refractivity contribution in [1.29, 1.82) is 0 Å². The van der Waals surface area contributed by atoms with Crippen molar-refractivity contribution >= 4 is 5.69 Å². The molecule has 0 aliphatic heterocycles. The van der Waals surface area contributed by atoms with Gasteiger partial charge < -0.3 is 14.6 Å². The molecular weight excluding hydrogens is 224 g/mol. The molecule has 0 bridgehead atoms. The van der Waals surface area contributed by atoms with Crippen molar-refractivity contribution in [1.82, 2.24) is 5.32 Å². The molecule has 2 aromatic rings. The average Bonchev–Trinajstić information content (AvgIpc) is 2.89. The Morgan fingerprint density at radius 1 is 1.17 bits per heavy atom. The number of hydrogen-bond acceptors (Lipinski definition) is 3. The second-order valence-electron chi connectivity index (χ2n) is 4.66. The second kappa shape index (κ2) is 5.74. The van der Waals surface area contributed by atoms with Gasteiger partial charge in [0.2, 0.25) is 0 Å². The summed E-state index contributed by atoms with van der Waals surface area (Å²) in [5.74, 6) is 0. The normalized spacial score (nSPS) is 12.4. The monoisotopic (exact) mass is 244 g/mol. The summed E-state index contributed by atoms with van der Waals surface area (Å²) in [4.78, 5) is 2.11. The average molecular weight is 244 g/mol. The van der Waals surface area contributed by atoms with Gasteiger partial charge in [0.15, 0.2) is 0 Å². The first-order valence-electron chi connectivity index (χ1n) is 6.16. The van der Waals surface area contributed by atoms with Crippen molar-refractivity contribution in [2.45, 2.75) is 12.5 Å². The molecule has 3 heteroatoms. The molecule has 0 saturated heterocycles. The molecular formula is C15H20N2O. The lowest BCUT2D eigenvalue weighted by atomic mass is 10.0. The minimum atomic E-state index is 0.318. The molecule has 18 heavy (non-hydrogen) atoms. The third kappa shape index (κ3) is 2.93. The van der Waals surface area contributed by atoms with Crippen molar-refractivity contribution in [2.24, 2.45) is 0 Å². The molecule has 0 radical (unpaired) electrons. The third-order valence-corrected chi connectivity index (χ3v) is 3.18. The molecule has 0 saturated carbocycles. The van der Waals surface area contributed by atoms with Crippen LogP contribution in [0.15, 0.2) is 47.3 Å². The van der Waals surface area contributed by atoms with Gasteiger partial charge in [-0.1, -0.05) is 12.1 Å². The van der Waals surface area contributed by atoms with Crippen LogP contribution in [-0.2, 0) is 6.42 Å². The van der Waals surface area contributed by atoms with E-state index in [1.807, 2.05) is 13.1 Å². The zero-order valence-electron chi connectivity index (χ0n) is 11.2. The zero-order valence-corrected chi connectivity index (χ0v) is 11.2. The van der Waals surface area contributed by atoms with E-state index < -0.39 is 0 Å². The molecule has 2 rings (SSSR count). The minimum Gasteiger partial charge on any atom is -0.472 e. The summed E-state index contributed by atoms with van der Waals surface area (Å²) in [6, 6.07) is 11.0. The van der Waals surface area contributed by atoms with Gasteiger partial charge in [-0.3, -0.25) is 0 Å². The maximum Gasteiger partial charge on any atom is 0.0935 e. The fraction of sp³-hybridized carbons (Fsp3) is 0.333. The second-order valence-corrected chi connectivity index (χ2v) is 4.66. The number of rotatable bonds is 5. The zero-order chi connectivity index (χ0) is 13.0. The maximum absolute atomic E-state index is 5.11. The molecule has 96 valence electrons. The van der Waals surface area contributed by atoms with E-state index in [0.29, 0.717) is 6.04 Å². The predicted molar refractivity (Wildman–Crippen MR) is 75.0 cm³/mol. The molecule has 0 aliphatic rings. The van der Waals surface area contributed by atoms with Crippen LogP contribution in [0, 0.1) is 0 Å². The van der Waals surface area contributed by atoms with Gasteiger partial charge in [0, 0.05) is 25.8 Å². The number of hydrogen-bond donors (Lipinski definition) is 1. The van der Waals surface area contributed by atoms with Crippen molar-refractivity contribution in [3.63, 3.8) is 0 Å². The quantitative estimate of drug-likeness (QED) is 0.876. The number of nitrogens with one attached hydrogen (secondary N) is 1. The summed E-state index contributed by atoms with van der Waals surface area (Å²) < 4.78 is 5.11. The molecule has 1 atom stereocenters. The molecule has 0 fully saturated rings. The van der Waals surface area contributed by atoms with Gasteiger partial charge in [-0.15, -0.1) is 0 Å². The van der Waals surface area contributed by atoms with E-state index in [2.05, 4.69) is 48.6 Å². The van der Waals surface area contributed by atoms with E-state index >= 15 is 0 Å². The van der Waals surface area contributed by atoms with Crippen LogP contribution in [0.2, 0.25) is 0 Å². The van der Waals surface area contributed by atoms with E-state index in [1.165, 1.54) is 16.8 Å². The molecule has 1 aromatic heterocycles. The first-order chi connectivity index (χ1) is 8.70. The van der Waals surface area contributed by atoms with Gasteiger partial charge in [-0.25, -0.2) is 0 Å². The van der Waals surface area contributed by atoms with Crippen molar-refractivity contribution in [3.05, 3.63) is 54.0 Å². The SMILES string of the molecule is CNC(Cc1ccoc1)c1ccc(N(C)C)cc1. The predicted octanol–water partition coefficient (Wildman–Crippen LogP) is 2.85. The highest BCUT2D eigenvalue weighted by molar-refractivity contribution is 5.46. The van der Waals surface area contributed by atoms with Gasteiger partial charge in [0.25, 0.3) is 0 Å². The van der Waals surface area contributed by atoms with Crippen LogP contribution >= 0.6 is 0 Å². The Hall–Kier alpha value is -1.74. The van der Waals surface area contributed by atoms with E-state index in [1.54, 1.807) is 12.5 Å². The van der Waals surface area contributed by atoms with Crippen LogP contribution in [0.1, 0.15) is 17.2 Å². The first-order valence-corrected chi connectivity index (χ1v) is 6.16. The lowest BCUT2D eigenvalue weighted by Crippen LogP contribution is -2.18. The molecule has 1 N–H and O–H groups in total. The van der Waals surface area contributed by atoms with Crippen LogP contribution in [0.5, 0.6) is 0 Å². The Bertz CT molecular complexity index is 460. The van der Waals surface area contributed by atoms with E-state index in [4.69, 9.17) is 4.42 Å². The number of likely N-dealkylation sites (N-methyl/N-ethyl adjacent to an activating group) is 1. The standard InChI is InChI=1S/C15H20N2O/c1-16-15(10-12-8-9-18-11-12)13-4-6-14(7-5-13)17(2)3/h4-9,11,15-16H,10H2,1-3H3. The van der Waals surface area contributed by atoms with E-state index in [-0.39, 0.29) is 0 Å². The van der Waals surface area contributed by atoms with Gasteiger partial charge >= 0.3 is 0 Å². The Morgan fingerprint density at radius 3 is 2.39 bits per heavy atom. The summed E-state index contributed by atoms with van der Waals surface area (Å²) in [5.41, 5.74) is 3.73. The maximum atomic E-state index is 5.11. The van der Waals surface area contributed by atoms with Crippen LogP contribution < -0.4 is 10.2 Å². The highest BCUT2D eigenvalue weighted by Crippen LogP contribution is 2.21. The number of anilines is 1. The van der Waals surface area contributed by atoms with Crippen LogP contribution in [0.4, 0.5) is 5.69 Å². The topological polar surface area (TPSA) is 28.4 Å². The number of nitrogens with zero attached hydrogens (tertiary/aromatic N) is 1. The van der Waals surface area contributed by atoms with E-state index in [0.717, 1.165) is 6.42 Å². The fourth-order valence-corrected chi connectivity index (χ4v) is 2.04. The lowest BCUT2D eigenvalue weighted by Gasteiger charge is -2.18. The van der Waals surface area contributed by atoms with Crippen molar-refractivity contribution < 1.29 is 4.42 Å². The van der Waals surface area contributed by atoms with Crippen LogP contribution in [-0.4, -0.2) is 21.1 Å². The smallest absolute Gasteiger partial charge is 0.0935 e. The lowest BCUT2D eigenvalue weighted by molar-refractivity contribution is 0.551. The molecule has 1 aromatic carbocycles. The Kier molecular flexibility index (Phi) is 4.05. The molecule has 1 unspecified atom stereocenters. The van der Waals surface area contributed by atoms with Crippen LogP contribution in [0.25, 0.3) is 0 Å². The summed E-state index contributed by atoms with van der Waals surface area (Å²) in [6.07, 6.45) is 4.46. The minimum absolute atomic E-state index is 0.318. The third-order valence-electron chi connectivity index (χ3n) is 3.18. The molecule has 0 amide bonds. The van der Waals surface area contributed by atoms with Crippen molar-refractivity contribution in [3.8, 4) is 0 Å². The molecule has 1 heterocycles. The first kappa shape index (κ1) is 12.7. The Morgan fingerprint density at radius 2 is 1.89 bits per heavy atom. The molecule has 3 nitrogen and oxygen atoms in total. The summed E-state index contributed by atoms with van der Waals surface area (Å²) >= 11 is 0. The number of benzene rings is 1. The molecule has 0 aliphatic carbocycles. The Balaban J connectivity index is 2.12. The summed E-state index contributed by atoms with van der Waals surface area (Å²) in [5, 5.41) is 3.35. The largest absolute Gasteiger partial charge is 0.472 e. The van der Waals surface area contributed by atoms with Crippen molar-refractivity contribution in [2.75, 3.05) is 26.0 Å². The van der Waals surface area contributed by atoms with Crippen LogP contribution in [0.3, 0.4) is 0 Å². The van der Waals surface area contributed by atoms with Gasteiger partial charge in [0.05, 0.1) is 12.5 Å². The van der Waals surface area contributed by atoms with Gasteiger partial charge in [0.1, 0.15) is 0 Å². The van der Waals surface area contributed by atoms with E-state index in [9.17, 15) is 0 Å². The Labute approximate surface area is 108 Å². The van der Waals surface area contributed by atoms with Gasteiger partial charge in [-0.2, -0.15) is 0 Å². The summed E-state index contributed by atoms with van der Waals surface area (Å²) in [7, 11) is 6.09. The fourth-order valence-electron chi connectivity index (χ4n) is 2.04. The molecule has 0 spiro atoms. The highest BCUT2D eigenvalue weighted by Gasteiger charge is 2.10. The van der Waals surface area contributed by atoms with Gasteiger partial charge in [-0.05, 0) is 42.8 Å². The highest BCUT2D eigenvalue weighted by atomic mass is 16.3. The summed E-state index contributed by atoms with van der Waals surface area (Å²) in [6.45, 7) is 0.